The van der Waals surface area contributed by atoms with Gasteiger partial charge in [-0.3, -0.25) is 4.40 Å². The van der Waals surface area contributed by atoms with E-state index < -0.39 is 0 Å². The summed E-state index contributed by atoms with van der Waals surface area (Å²) in [4.78, 5) is 4.87. The zero-order chi connectivity index (χ0) is 18.3. The van der Waals surface area contributed by atoms with Gasteiger partial charge in [-0.1, -0.05) is 48.0 Å². The van der Waals surface area contributed by atoms with Gasteiger partial charge in [-0.2, -0.15) is 0 Å². The van der Waals surface area contributed by atoms with Crippen LogP contribution >= 0.6 is 11.6 Å². The van der Waals surface area contributed by atoms with Gasteiger partial charge in [-0.05, 0) is 55.7 Å². The maximum absolute atomic E-state index is 6.07. The molecule has 0 amide bonds. The van der Waals surface area contributed by atoms with E-state index in [2.05, 4.69) is 61.0 Å². The van der Waals surface area contributed by atoms with E-state index in [0.29, 0.717) is 0 Å². The minimum atomic E-state index is 0.720. The molecule has 0 bridgehead atoms. The lowest BCUT2D eigenvalue weighted by molar-refractivity contribution is 1.15. The summed E-state index contributed by atoms with van der Waals surface area (Å²) in [6.45, 7) is 6.32. The van der Waals surface area contributed by atoms with E-state index in [1.54, 1.807) is 0 Å². The molecule has 0 unspecified atom stereocenters. The third-order valence-electron chi connectivity index (χ3n) is 4.61. The van der Waals surface area contributed by atoms with Crippen molar-refractivity contribution in [2.24, 2.45) is 0 Å². The Morgan fingerprint density at radius 3 is 2.27 bits per heavy atom. The molecular weight excluding hydrogens is 342 g/mol. The molecule has 26 heavy (non-hydrogen) atoms. The molecule has 0 saturated carbocycles. The summed E-state index contributed by atoms with van der Waals surface area (Å²) < 4.78 is 2.12. The van der Waals surface area contributed by atoms with Crippen LogP contribution in [0.4, 0.5) is 11.5 Å². The van der Waals surface area contributed by atoms with Crippen molar-refractivity contribution in [3.63, 3.8) is 0 Å². The Labute approximate surface area is 158 Å². The Balaban J connectivity index is 1.94. The number of hydrogen-bond acceptors (Lipinski definition) is 2. The van der Waals surface area contributed by atoms with Crippen LogP contribution in [0.25, 0.3) is 16.9 Å². The highest BCUT2D eigenvalue weighted by Gasteiger charge is 2.16. The second-order valence-electron chi connectivity index (χ2n) is 6.64. The monoisotopic (exact) mass is 361 g/mol. The molecule has 2 aromatic heterocycles. The summed E-state index contributed by atoms with van der Waals surface area (Å²) in [6, 6.07) is 18.2. The van der Waals surface area contributed by atoms with Crippen LogP contribution in [-0.4, -0.2) is 9.38 Å². The number of aryl methyl sites for hydroxylation is 3. The maximum Gasteiger partial charge on any atom is 0.143 e. The first-order valence-electron chi connectivity index (χ1n) is 8.61. The summed E-state index contributed by atoms with van der Waals surface area (Å²) in [5.74, 6) is 0.962. The number of para-hydroxylation sites is 1. The number of rotatable bonds is 3. The molecule has 2 aromatic carbocycles. The number of halogens is 1. The van der Waals surface area contributed by atoms with Crippen LogP contribution < -0.4 is 5.32 Å². The van der Waals surface area contributed by atoms with Crippen molar-refractivity contribution in [1.29, 1.82) is 0 Å². The molecule has 1 N–H and O–H groups in total. The van der Waals surface area contributed by atoms with Gasteiger partial charge >= 0.3 is 0 Å². The van der Waals surface area contributed by atoms with Gasteiger partial charge in [-0.15, -0.1) is 0 Å². The summed E-state index contributed by atoms with van der Waals surface area (Å²) in [6.07, 6.45) is 2.11. The minimum Gasteiger partial charge on any atom is -0.339 e. The van der Waals surface area contributed by atoms with Crippen LogP contribution in [-0.2, 0) is 0 Å². The van der Waals surface area contributed by atoms with Gasteiger partial charge in [-0.25, -0.2) is 4.98 Å². The van der Waals surface area contributed by atoms with Gasteiger partial charge in [0.05, 0.1) is 0 Å². The Morgan fingerprint density at radius 1 is 0.885 bits per heavy atom. The maximum atomic E-state index is 6.07. The van der Waals surface area contributed by atoms with Crippen LogP contribution in [0, 0.1) is 20.8 Å². The number of benzene rings is 2. The van der Waals surface area contributed by atoms with Gasteiger partial charge in [0.1, 0.15) is 17.2 Å². The molecule has 4 heteroatoms. The first kappa shape index (κ1) is 16.7. The van der Waals surface area contributed by atoms with Crippen molar-refractivity contribution in [2.45, 2.75) is 20.8 Å². The van der Waals surface area contributed by atoms with Crippen molar-refractivity contribution < 1.29 is 0 Å². The fourth-order valence-electron chi connectivity index (χ4n) is 3.21. The zero-order valence-electron chi connectivity index (χ0n) is 15.0. The largest absolute Gasteiger partial charge is 0.339 e. The number of pyridine rings is 1. The Kier molecular flexibility index (Phi) is 4.17. The Morgan fingerprint density at radius 2 is 1.58 bits per heavy atom. The van der Waals surface area contributed by atoms with E-state index in [1.165, 1.54) is 16.7 Å². The average molecular weight is 362 g/mol. The van der Waals surface area contributed by atoms with Gasteiger partial charge in [0.25, 0.3) is 0 Å². The normalized spacial score (nSPS) is 11.1. The molecule has 2 heterocycles. The van der Waals surface area contributed by atoms with Crippen LogP contribution in [0.5, 0.6) is 0 Å². The van der Waals surface area contributed by atoms with Crippen LogP contribution in [0.2, 0.25) is 5.02 Å². The lowest BCUT2D eigenvalue weighted by Crippen LogP contribution is -2.01. The Hall–Kier alpha value is -2.78. The molecule has 130 valence electrons. The van der Waals surface area contributed by atoms with Crippen LogP contribution in [0.15, 0.2) is 60.8 Å². The standard InChI is InChI=1S/C22H20ClN3/c1-14-7-12-19-24-21(17-8-10-18(23)11-9-17)22(26(19)13-14)25-20-15(2)5-4-6-16(20)3/h4-13,25H,1-3H3. The third-order valence-corrected chi connectivity index (χ3v) is 4.86. The second kappa shape index (κ2) is 6.50. The highest BCUT2D eigenvalue weighted by Crippen LogP contribution is 2.33. The van der Waals surface area contributed by atoms with Crippen LogP contribution in [0.1, 0.15) is 16.7 Å². The first-order chi connectivity index (χ1) is 12.5. The molecule has 0 spiro atoms. The number of aromatic nitrogens is 2. The van der Waals surface area contributed by atoms with E-state index in [4.69, 9.17) is 16.6 Å². The summed E-state index contributed by atoms with van der Waals surface area (Å²) in [5, 5.41) is 4.36. The van der Waals surface area contributed by atoms with Gasteiger partial charge in [0.15, 0.2) is 0 Å². The van der Waals surface area contributed by atoms with Crippen molar-refractivity contribution in [3.05, 3.63) is 82.5 Å². The van der Waals surface area contributed by atoms with Gasteiger partial charge in [0, 0.05) is 22.5 Å². The Bertz CT molecular complexity index is 1070. The fourth-order valence-corrected chi connectivity index (χ4v) is 3.34. The first-order valence-corrected chi connectivity index (χ1v) is 8.98. The molecular formula is C22H20ClN3. The van der Waals surface area contributed by atoms with E-state index in [-0.39, 0.29) is 0 Å². The number of fused-ring (bicyclic) bond motifs is 1. The van der Waals surface area contributed by atoms with E-state index in [1.807, 2.05) is 30.3 Å². The van der Waals surface area contributed by atoms with Crippen molar-refractivity contribution >= 4 is 28.8 Å². The molecule has 4 aromatic rings. The van der Waals surface area contributed by atoms with Gasteiger partial charge < -0.3 is 5.32 Å². The molecule has 0 aliphatic carbocycles. The minimum absolute atomic E-state index is 0.720. The second-order valence-corrected chi connectivity index (χ2v) is 7.08. The zero-order valence-corrected chi connectivity index (χ0v) is 15.8. The lowest BCUT2D eigenvalue weighted by atomic mass is 10.1. The molecule has 0 fully saturated rings. The number of nitrogens with zero attached hydrogens (tertiary/aromatic N) is 2. The smallest absolute Gasteiger partial charge is 0.143 e. The molecule has 0 aliphatic rings. The SMILES string of the molecule is Cc1ccc2nc(-c3ccc(Cl)cc3)c(Nc3c(C)cccc3C)n2c1. The molecule has 0 atom stereocenters. The molecule has 0 saturated heterocycles. The highest BCUT2D eigenvalue weighted by molar-refractivity contribution is 6.30. The molecule has 0 aliphatic heterocycles. The van der Waals surface area contributed by atoms with E-state index in [0.717, 1.165) is 33.4 Å². The van der Waals surface area contributed by atoms with Crippen molar-refractivity contribution in [2.75, 3.05) is 5.32 Å². The topological polar surface area (TPSA) is 29.3 Å². The highest BCUT2D eigenvalue weighted by atomic mass is 35.5. The summed E-state index contributed by atoms with van der Waals surface area (Å²) >= 11 is 6.07. The number of anilines is 2. The quantitative estimate of drug-likeness (QED) is 0.462. The molecule has 4 rings (SSSR count). The van der Waals surface area contributed by atoms with E-state index in [9.17, 15) is 0 Å². The summed E-state index contributed by atoms with van der Waals surface area (Å²) in [5.41, 5.74) is 7.56. The van der Waals surface area contributed by atoms with Crippen molar-refractivity contribution in [3.8, 4) is 11.3 Å². The summed E-state index contributed by atoms with van der Waals surface area (Å²) in [7, 11) is 0. The van der Waals surface area contributed by atoms with Gasteiger partial charge in [0.2, 0.25) is 0 Å². The predicted molar refractivity (Wildman–Crippen MR) is 110 cm³/mol. The molecule has 0 radical (unpaired) electrons. The van der Waals surface area contributed by atoms with Crippen molar-refractivity contribution in [1.82, 2.24) is 9.38 Å². The fraction of sp³-hybridized carbons (Fsp3) is 0.136. The van der Waals surface area contributed by atoms with Crippen LogP contribution in [0.3, 0.4) is 0 Å². The van der Waals surface area contributed by atoms with E-state index >= 15 is 0 Å². The average Bonchev–Trinajstić information content (AvgIpc) is 2.96. The lowest BCUT2D eigenvalue weighted by Gasteiger charge is -2.14. The number of hydrogen-bond donors (Lipinski definition) is 1. The molecule has 3 nitrogen and oxygen atoms in total. The number of imidazole rings is 1. The predicted octanol–water partition coefficient (Wildman–Crippen LogP) is 6.32. The third kappa shape index (κ3) is 2.95. The number of nitrogens with one attached hydrogen (secondary N) is 1.